The van der Waals surface area contributed by atoms with E-state index in [-0.39, 0.29) is 11.5 Å². The topological polar surface area (TPSA) is 89.1 Å². The van der Waals surface area contributed by atoms with Crippen LogP contribution in [0.25, 0.3) is 5.65 Å². The minimum Gasteiger partial charge on any atom is -0.369 e. The second kappa shape index (κ2) is 1.82. The fourth-order valence-electron chi connectivity index (χ4n) is 0.869. The van der Waals surface area contributed by atoms with Crippen molar-refractivity contribution >= 4 is 11.6 Å². The summed E-state index contributed by atoms with van der Waals surface area (Å²) >= 11 is 0. The Morgan fingerprint density at radius 2 is 2.45 bits per heavy atom. The summed E-state index contributed by atoms with van der Waals surface area (Å²) in [5.74, 6) is 0.140. The van der Waals surface area contributed by atoms with Crippen molar-refractivity contribution in [3.8, 4) is 0 Å². The molecule has 0 aliphatic carbocycles. The molecule has 2 rings (SSSR count). The van der Waals surface area contributed by atoms with Crippen LogP contribution in [0.3, 0.4) is 0 Å². The van der Waals surface area contributed by atoms with Gasteiger partial charge in [-0.1, -0.05) is 0 Å². The molecule has 0 aliphatic heterocycles. The highest BCUT2D eigenvalue weighted by Crippen LogP contribution is 1.96. The van der Waals surface area contributed by atoms with Crippen LogP contribution in [0, 0.1) is 0 Å². The van der Waals surface area contributed by atoms with Gasteiger partial charge in [0.05, 0.1) is 0 Å². The molecule has 6 heteroatoms. The molecule has 0 saturated heterocycles. The minimum atomic E-state index is -0.369. The number of hydrogen-bond donors (Lipinski definition) is 2. The van der Waals surface area contributed by atoms with E-state index >= 15 is 0 Å². The lowest BCUT2D eigenvalue weighted by Crippen LogP contribution is -2.11. The third-order valence-corrected chi connectivity index (χ3v) is 1.34. The number of aromatic nitrogens is 4. The first-order valence-electron chi connectivity index (χ1n) is 2.95. The average Bonchev–Trinajstić information content (AvgIpc) is 2.34. The normalized spacial score (nSPS) is 10.5. The van der Waals surface area contributed by atoms with Gasteiger partial charge in [0.2, 0.25) is 5.95 Å². The molecule has 0 unspecified atom stereocenters. The lowest BCUT2D eigenvalue weighted by molar-refractivity contribution is 1.07. The van der Waals surface area contributed by atoms with Crippen LogP contribution >= 0.6 is 0 Å². The number of rotatable bonds is 0. The second-order valence-corrected chi connectivity index (χ2v) is 2.06. The molecule has 2 heterocycles. The van der Waals surface area contributed by atoms with Crippen LogP contribution in [-0.4, -0.2) is 19.6 Å². The zero-order valence-electron chi connectivity index (χ0n) is 5.48. The van der Waals surface area contributed by atoms with E-state index in [1.54, 1.807) is 0 Å². The summed E-state index contributed by atoms with van der Waals surface area (Å²) in [6.45, 7) is 0. The predicted molar refractivity (Wildman–Crippen MR) is 38.0 cm³/mol. The van der Waals surface area contributed by atoms with E-state index in [9.17, 15) is 4.79 Å². The number of nitrogens with zero attached hydrogens (tertiary/aromatic N) is 3. The minimum absolute atomic E-state index is 0.140. The van der Waals surface area contributed by atoms with E-state index in [0.29, 0.717) is 5.65 Å². The molecule has 0 radical (unpaired) electrons. The van der Waals surface area contributed by atoms with Crippen LogP contribution in [0.5, 0.6) is 0 Å². The molecular weight excluding hydrogens is 146 g/mol. The quantitative estimate of drug-likeness (QED) is 0.505. The van der Waals surface area contributed by atoms with Gasteiger partial charge in [0.1, 0.15) is 12.0 Å². The summed E-state index contributed by atoms with van der Waals surface area (Å²) in [5, 5.41) is 6.28. The Hall–Kier alpha value is -1.85. The maximum absolute atomic E-state index is 10.8. The van der Waals surface area contributed by atoms with Crippen molar-refractivity contribution in [1.29, 1.82) is 0 Å². The van der Waals surface area contributed by atoms with Gasteiger partial charge in [0, 0.05) is 6.07 Å². The Bertz CT molecular complexity index is 441. The summed E-state index contributed by atoms with van der Waals surface area (Å²) in [6.07, 6.45) is 1.46. The van der Waals surface area contributed by atoms with Crippen LogP contribution in [0.2, 0.25) is 0 Å². The lowest BCUT2D eigenvalue weighted by Gasteiger charge is -1.92. The smallest absolute Gasteiger partial charge is 0.276 e. The van der Waals surface area contributed by atoms with Gasteiger partial charge in [-0.25, -0.2) is 0 Å². The third kappa shape index (κ3) is 0.759. The van der Waals surface area contributed by atoms with Gasteiger partial charge < -0.3 is 5.73 Å². The molecule has 3 N–H and O–H groups in total. The molecule has 0 aliphatic rings. The average molecular weight is 151 g/mol. The molecule has 11 heavy (non-hydrogen) atoms. The highest BCUT2D eigenvalue weighted by atomic mass is 16.1. The van der Waals surface area contributed by atoms with E-state index in [2.05, 4.69) is 15.2 Å². The standard InChI is InChI=1S/C5H5N5O/c6-5-8-4(11)1-3-9-7-2-10(3)5/h1-2,9H,(H2,6,8,11). The molecule has 2 aromatic rings. The van der Waals surface area contributed by atoms with Crippen molar-refractivity contribution in [2.24, 2.45) is 0 Å². The largest absolute Gasteiger partial charge is 0.369 e. The van der Waals surface area contributed by atoms with Crippen molar-refractivity contribution in [2.45, 2.75) is 0 Å². The first-order chi connectivity index (χ1) is 5.27. The first-order valence-corrected chi connectivity index (χ1v) is 2.95. The SMILES string of the molecule is Nc1nc(=O)cc2[nH]ncn12. The van der Waals surface area contributed by atoms with Gasteiger partial charge in [-0.05, 0) is 0 Å². The third-order valence-electron chi connectivity index (χ3n) is 1.34. The Morgan fingerprint density at radius 3 is 3.27 bits per heavy atom. The summed E-state index contributed by atoms with van der Waals surface area (Å²) in [6, 6.07) is 1.32. The zero-order valence-corrected chi connectivity index (χ0v) is 5.48. The Balaban J connectivity index is 3.02. The fourth-order valence-corrected chi connectivity index (χ4v) is 0.869. The lowest BCUT2D eigenvalue weighted by atomic mass is 10.6. The van der Waals surface area contributed by atoms with Crippen molar-refractivity contribution in [3.63, 3.8) is 0 Å². The summed E-state index contributed by atoms with van der Waals surface area (Å²) in [5.41, 5.74) is 5.57. The second-order valence-electron chi connectivity index (χ2n) is 2.06. The van der Waals surface area contributed by atoms with E-state index < -0.39 is 0 Å². The van der Waals surface area contributed by atoms with Crippen LogP contribution in [0.15, 0.2) is 17.2 Å². The van der Waals surface area contributed by atoms with Gasteiger partial charge in [-0.15, -0.1) is 0 Å². The Morgan fingerprint density at radius 1 is 1.64 bits per heavy atom. The van der Waals surface area contributed by atoms with E-state index in [0.717, 1.165) is 0 Å². The van der Waals surface area contributed by atoms with E-state index in [1.165, 1.54) is 16.8 Å². The highest BCUT2D eigenvalue weighted by Gasteiger charge is 1.98. The molecular formula is C5H5N5O. The van der Waals surface area contributed by atoms with Crippen LogP contribution in [0.4, 0.5) is 5.95 Å². The number of nitrogen functional groups attached to an aromatic ring is 1. The fraction of sp³-hybridized carbons (Fsp3) is 0. The number of aromatic amines is 1. The number of hydrogen-bond acceptors (Lipinski definition) is 4. The monoisotopic (exact) mass is 151 g/mol. The van der Waals surface area contributed by atoms with Crippen molar-refractivity contribution in [3.05, 3.63) is 22.7 Å². The Kier molecular flexibility index (Phi) is 0.974. The summed E-state index contributed by atoms with van der Waals surface area (Å²) < 4.78 is 1.49. The van der Waals surface area contributed by atoms with E-state index in [4.69, 9.17) is 5.73 Å². The number of anilines is 1. The number of fused-ring (bicyclic) bond motifs is 1. The van der Waals surface area contributed by atoms with Gasteiger partial charge in [0.25, 0.3) is 5.56 Å². The number of H-pyrrole nitrogens is 1. The van der Waals surface area contributed by atoms with Crippen molar-refractivity contribution in [2.75, 3.05) is 5.73 Å². The zero-order chi connectivity index (χ0) is 7.84. The molecule has 0 atom stereocenters. The maximum atomic E-state index is 10.8. The summed E-state index contributed by atoms with van der Waals surface area (Å²) in [7, 11) is 0. The van der Waals surface area contributed by atoms with E-state index in [1.807, 2.05) is 0 Å². The summed E-state index contributed by atoms with van der Waals surface area (Å²) in [4.78, 5) is 14.2. The molecule has 6 nitrogen and oxygen atoms in total. The van der Waals surface area contributed by atoms with Gasteiger partial charge in [-0.3, -0.25) is 14.3 Å². The molecule has 0 spiro atoms. The molecule has 0 aromatic carbocycles. The van der Waals surface area contributed by atoms with Gasteiger partial charge >= 0.3 is 0 Å². The van der Waals surface area contributed by atoms with Crippen LogP contribution in [-0.2, 0) is 0 Å². The van der Waals surface area contributed by atoms with Crippen LogP contribution in [0.1, 0.15) is 0 Å². The van der Waals surface area contributed by atoms with Crippen molar-refractivity contribution < 1.29 is 0 Å². The number of nitrogens with two attached hydrogens (primary N) is 1. The van der Waals surface area contributed by atoms with Gasteiger partial charge in [0.15, 0.2) is 0 Å². The molecule has 56 valence electrons. The molecule has 0 fully saturated rings. The molecule has 0 amide bonds. The number of nitrogens with one attached hydrogen (secondary N) is 1. The Labute approximate surface area is 60.7 Å². The van der Waals surface area contributed by atoms with Gasteiger partial charge in [-0.2, -0.15) is 10.1 Å². The highest BCUT2D eigenvalue weighted by molar-refractivity contribution is 5.40. The molecule has 0 saturated carbocycles. The van der Waals surface area contributed by atoms with Crippen molar-refractivity contribution in [1.82, 2.24) is 19.6 Å². The van der Waals surface area contributed by atoms with Crippen LogP contribution < -0.4 is 11.3 Å². The molecule has 0 bridgehead atoms. The maximum Gasteiger partial charge on any atom is 0.276 e. The first kappa shape index (κ1) is 5.90. The predicted octanol–water partition coefficient (Wildman–Crippen LogP) is -1.00. The molecule has 2 aromatic heterocycles.